The van der Waals surface area contributed by atoms with Crippen LogP contribution in [0.25, 0.3) is 17.1 Å². The lowest BCUT2D eigenvalue weighted by molar-refractivity contribution is 0.0946. The monoisotopic (exact) mass is 609 g/mol. The van der Waals surface area contributed by atoms with Crippen molar-refractivity contribution >= 4 is 36.4 Å². The summed E-state index contributed by atoms with van der Waals surface area (Å²) in [4.78, 5) is 23.1. The van der Waals surface area contributed by atoms with Gasteiger partial charge in [0.2, 0.25) is 0 Å². The maximum Gasteiger partial charge on any atom is 0.271 e. The summed E-state index contributed by atoms with van der Waals surface area (Å²) < 4.78 is 7.37. The third-order valence-corrected chi connectivity index (χ3v) is 7.91. The van der Waals surface area contributed by atoms with Gasteiger partial charge in [0.1, 0.15) is 17.3 Å². The Morgan fingerprint density at radius 2 is 1.57 bits per heavy atom. The van der Waals surface area contributed by atoms with Gasteiger partial charge in [-0.3, -0.25) is 14.3 Å². The molecule has 224 valence electrons. The molecule has 3 aromatic carbocycles. The van der Waals surface area contributed by atoms with Gasteiger partial charge in [0.05, 0.1) is 12.8 Å². The fourth-order valence-electron chi connectivity index (χ4n) is 5.42. The molecule has 1 aliphatic heterocycles. The zero-order valence-corrected chi connectivity index (χ0v) is 26.4. The van der Waals surface area contributed by atoms with E-state index < -0.39 is 0 Å². The molecule has 4 aromatic rings. The van der Waals surface area contributed by atoms with Crippen molar-refractivity contribution in [3.8, 4) is 22.8 Å². The normalized spacial score (nSPS) is 13.2. The number of halogens is 2. The minimum absolute atomic E-state index is 0. The number of aromatic nitrogens is 2. The van der Waals surface area contributed by atoms with E-state index in [-0.39, 0.29) is 30.7 Å². The highest BCUT2D eigenvalue weighted by Gasteiger charge is 2.22. The first-order valence-electron chi connectivity index (χ1n) is 14.1. The van der Waals surface area contributed by atoms with E-state index in [1.54, 1.807) is 7.11 Å². The molecule has 2 heterocycles. The molecule has 0 atom stereocenters. The second-order valence-electron chi connectivity index (χ2n) is 10.4. The number of anilines is 1. The number of carbonyl (C=O) groups excluding carboxylic acids is 1. The van der Waals surface area contributed by atoms with Gasteiger partial charge in [0.15, 0.2) is 0 Å². The predicted molar refractivity (Wildman–Crippen MR) is 176 cm³/mol. The molecule has 1 N–H and O–H groups in total. The van der Waals surface area contributed by atoms with Gasteiger partial charge in [-0.15, -0.1) is 24.8 Å². The van der Waals surface area contributed by atoms with E-state index in [0.29, 0.717) is 12.2 Å². The van der Waals surface area contributed by atoms with Crippen LogP contribution in [0.15, 0.2) is 72.8 Å². The number of ether oxygens (including phenoxy) is 1. The highest BCUT2D eigenvalue weighted by Crippen LogP contribution is 2.28. The SMILES string of the molecule is COc1ccc(-n2c(-c3ccccc3)nc(C(=O)NCCCN3CCN(c4cccc(C)c4C)CC3)c2C)cc1.Cl.Cl. The van der Waals surface area contributed by atoms with Gasteiger partial charge in [-0.2, -0.15) is 0 Å². The van der Waals surface area contributed by atoms with Crippen LogP contribution in [-0.2, 0) is 0 Å². The van der Waals surface area contributed by atoms with Gasteiger partial charge >= 0.3 is 0 Å². The second-order valence-corrected chi connectivity index (χ2v) is 10.4. The fourth-order valence-corrected chi connectivity index (χ4v) is 5.42. The molecule has 0 bridgehead atoms. The predicted octanol–water partition coefficient (Wildman–Crippen LogP) is 6.26. The molecule has 5 rings (SSSR count). The maximum atomic E-state index is 13.3. The van der Waals surface area contributed by atoms with Crippen LogP contribution in [0.5, 0.6) is 5.75 Å². The van der Waals surface area contributed by atoms with E-state index in [1.165, 1.54) is 16.8 Å². The zero-order valence-electron chi connectivity index (χ0n) is 24.8. The number of carbonyl (C=O) groups is 1. The summed E-state index contributed by atoms with van der Waals surface area (Å²) >= 11 is 0. The van der Waals surface area contributed by atoms with E-state index in [0.717, 1.165) is 67.7 Å². The van der Waals surface area contributed by atoms with Crippen molar-refractivity contribution < 1.29 is 9.53 Å². The van der Waals surface area contributed by atoms with Crippen molar-refractivity contribution in [1.82, 2.24) is 19.8 Å². The molecule has 0 saturated carbocycles. The standard InChI is InChI=1S/C33H39N5O2.2ClH/c1-24-10-8-13-30(25(24)2)37-22-20-36(21-23-37)19-9-18-34-33(39)31-26(3)38(28-14-16-29(40-4)17-15-28)32(35-31)27-11-6-5-7-12-27;;/h5-8,10-17H,9,18-23H2,1-4H3,(H,34,39);2*1H. The summed E-state index contributed by atoms with van der Waals surface area (Å²) in [6.07, 6.45) is 0.902. The van der Waals surface area contributed by atoms with E-state index >= 15 is 0 Å². The number of hydrogen-bond donors (Lipinski definition) is 1. The molecule has 1 aliphatic rings. The molecule has 42 heavy (non-hydrogen) atoms. The Bertz CT molecular complexity index is 1450. The van der Waals surface area contributed by atoms with Crippen LogP contribution in [0, 0.1) is 20.8 Å². The van der Waals surface area contributed by atoms with Gasteiger partial charge in [-0.1, -0.05) is 42.5 Å². The lowest BCUT2D eigenvalue weighted by Crippen LogP contribution is -2.47. The fraction of sp³-hybridized carbons (Fsp3) is 0.333. The van der Waals surface area contributed by atoms with Gasteiger partial charge in [0, 0.05) is 49.7 Å². The van der Waals surface area contributed by atoms with Crippen molar-refractivity contribution in [2.45, 2.75) is 27.2 Å². The Labute approximate surface area is 261 Å². The van der Waals surface area contributed by atoms with Gasteiger partial charge in [-0.05, 0) is 75.2 Å². The average Bonchev–Trinajstić information content (AvgIpc) is 3.34. The average molecular weight is 611 g/mol. The number of amides is 1. The number of hydrogen-bond acceptors (Lipinski definition) is 5. The first-order valence-corrected chi connectivity index (χ1v) is 14.1. The van der Waals surface area contributed by atoms with Crippen LogP contribution in [0.3, 0.4) is 0 Å². The molecular weight excluding hydrogens is 569 g/mol. The number of nitrogens with one attached hydrogen (secondary N) is 1. The topological polar surface area (TPSA) is 62.6 Å². The number of piperazine rings is 1. The third-order valence-electron chi connectivity index (χ3n) is 7.91. The summed E-state index contributed by atoms with van der Waals surface area (Å²) in [5.41, 5.74) is 7.23. The van der Waals surface area contributed by atoms with E-state index in [9.17, 15) is 4.79 Å². The molecule has 1 amide bonds. The van der Waals surface area contributed by atoms with Crippen molar-refractivity contribution in [3.05, 3.63) is 95.3 Å². The molecule has 1 aromatic heterocycles. The van der Waals surface area contributed by atoms with Crippen LogP contribution in [-0.4, -0.2) is 66.7 Å². The summed E-state index contributed by atoms with van der Waals surface area (Å²) in [6.45, 7) is 12.1. The largest absolute Gasteiger partial charge is 0.497 e. The van der Waals surface area contributed by atoms with Crippen LogP contribution in [0.1, 0.15) is 33.7 Å². The Balaban J connectivity index is 0.00000242. The summed E-state index contributed by atoms with van der Waals surface area (Å²) in [5, 5.41) is 3.12. The Morgan fingerprint density at radius 3 is 2.24 bits per heavy atom. The number of aryl methyl sites for hydroxylation is 1. The Kier molecular flexibility index (Phi) is 11.9. The van der Waals surface area contributed by atoms with Crippen molar-refractivity contribution in [3.63, 3.8) is 0 Å². The van der Waals surface area contributed by atoms with Crippen molar-refractivity contribution in [2.24, 2.45) is 0 Å². The first kappa shape index (κ1) is 33.0. The highest BCUT2D eigenvalue weighted by atomic mass is 35.5. The molecule has 0 unspecified atom stereocenters. The molecule has 1 saturated heterocycles. The Hall–Kier alpha value is -3.52. The lowest BCUT2D eigenvalue weighted by atomic mass is 10.1. The van der Waals surface area contributed by atoms with Crippen molar-refractivity contribution in [2.75, 3.05) is 51.3 Å². The zero-order chi connectivity index (χ0) is 28.1. The number of rotatable bonds is 9. The third kappa shape index (κ3) is 7.27. The first-order chi connectivity index (χ1) is 19.5. The second kappa shape index (κ2) is 15.1. The number of methoxy groups -OCH3 is 1. The van der Waals surface area contributed by atoms with Crippen LogP contribution < -0.4 is 15.0 Å². The van der Waals surface area contributed by atoms with Gasteiger partial charge in [-0.25, -0.2) is 4.98 Å². The van der Waals surface area contributed by atoms with Crippen molar-refractivity contribution in [1.29, 1.82) is 0 Å². The molecular formula is C33H41Cl2N5O2. The quantitative estimate of drug-likeness (QED) is 0.227. The summed E-state index contributed by atoms with van der Waals surface area (Å²) in [7, 11) is 1.65. The minimum Gasteiger partial charge on any atom is -0.497 e. The van der Waals surface area contributed by atoms with Crippen LogP contribution >= 0.6 is 24.8 Å². The highest BCUT2D eigenvalue weighted by molar-refractivity contribution is 5.94. The lowest BCUT2D eigenvalue weighted by Gasteiger charge is -2.37. The van der Waals surface area contributed by atoms with Gasteiger partial charge in [0.25, 0.3) is 5.91 Å². The molecule has 0 radical (unpaired) electrons. The van der Waals surface area contributed by atoms with E-state index in [2.05, 4.69) is 47.2 Å². The molecule has 0 spiro atoms. The molecule has 1 fully saturated rings. The van der Waals surface area contributed by atoms with E-state index in [4.69, 9.17) is 9.72 Å². The van der Waals surface area contributed by atoms with Crippen LogP contribution in [0.4, 0.5) is 5.69 Å². The maximum absolute atomic E-state index is 13.3. The van der Waals surface area contributed by atoms with Gasteiger partial charge < -0.3 is 15.0 Å². The smallest absolute Gasteiger partial charge is 0.271 e. The Morgan fingerprint density at radius 1 is 0.881 bits per heavy atom. The van der Waals surface area contributed by atoms with E-state index in [1.807, 2.05) is 66.1 Å². The van der Waals surface area contributed by atoms with Crippen LogP contribution in [0.2, 0.25) is 0 Å². The number of benzene rings is 3. The molecule has 7 nitrogen and oxygen atoms in total. The summed E-state index contributed by atoms with van der Waals surface area (Å²) in [6, 6.07) is 24.4. The molecule has 9 heteroatoms. The number of imidazole rings is 1. The summed E-state index contributed by atoms with van der Waals surface area (Å²) in [5.74, 6) is 1.39. The molecule has 0 aliphatic carbocycles. The minimum atomic E-state index is -0.137. The number of nitrogens with zero attached hydrogens (tertiary/aromatic N) is 4.